The average Bonchev–Trinajstić information content (AvgIpc) is 2.84. The van der Waals surface area contributed by atoms with E-state index in [9.17, 15) is 0 Å². The second-order valence-corrected chi connectivity index (χ2v) is 6.10. The van der Waals surface area contributed by atoms with Gasteiger partial charge in [0.15, 0.2) is 5.82 Å². The van der Waals surface area contributed by atoms with Crippen molar-refractivity contribution in [2.45, 2.75) is 42.4 Å². The second kappa shape index (κ2) is 4.98. The van der Waals surface area contributed by atoms with Gasteiger partial charge >= 0.3 is 0 Å². The Balaban J connectivity index is 1.66. The summed E-state index contributed by atoms with van der Waals surface area (Å²) in [5, 5.41) is 4.02. The minimum atomic E-state index is -0.363. The summed E-state index contributed by atoms with van der Waals surface area (Å²) in [5.74, 6) is 2.03. The maximum absolute atomic E-state index is 6.17. The van der Waals surface area contributed by atoms with E-state index in [2.05, 4.69) is 29.2 Å². The molecule has 1 aromatic heterocycles. The molecule has 0 amide bonds. The first kappa shape index (κ1) is 12.7. The maximum atomic E-state index is 6.17. The molecular weight excluding hydrogens is 258 g/mol. The molecule has 5 heteroatoms. The molecule has 1 heterocycles. The molecule has 19 heavy (non-hydrogen) atoms. The zero-order chi connectivity index (χ0) is 13.3. The Morgan fingerprint density at radius 3 is 2.84 bits per heavy atom. The van der Waals surface area contributed by atoms with Gasteiger partial charge in [-0.15, -0.1) is 11.8 Å². The Labute approximate surface area is 116 Å². The van der Waals surface area contributed by atoms with Crippen LogP contribution in [0.1, 0.15) is 36.5 Å². The first-order valence-corrected chi connectivity index (χ1v) is 7.46. The third kappa shape index (κ3) is 2.53. The molecule has 2 N–H and O–H groups in total. The Morgan fingerprint density at radius 2 is 2.16 bits per heavy atom. The van der Waals surface area contributed by atoms with Crippen LogP contribution in [0.5, 0.6) is 0 Å². The van der Waals surface area contributed by atoms with Gasteiger partial charge in [0.2, 0.25) is 5.89 Å². The summed E-state index contributed by atoms with van der Waals surface area (Å²) in [6.45, 7) is 2.10. The zero-order valence-corrected chi connectivity index (χ0v) is 11.7. The fourth-order valence-corrected chi connectivity index (χ4v) is 3.02. The third-order valence-corrected chi connectivity index (χ3v) is 4.76. The van der Waals surface area contributed by atoms with Crippen molar-refractivity contribution in [3.8, 4) is 0 Å². The molecule has 0 bridgehead atoms. The molecule has 0 unspecified atom stereocenters. The van der Waals surface area contributed by atoms with Gasteiger partial charge in [0.1, 0.15) is 0 Å². The maximum Gasteiger partial charge on any atom is 0.246 e. The van der Waals surface area contributed by atoms with Crippen molar-refractivity contribution in [2.24, 2.45) is 5.73 Å². The van der Waals surface area contributed by atoms with Gasteiger partial charge in [-0.05, 0) is 37.8 Å². The van der Waals surface area contributed by atoms with E-state index in [-0.39, 0.29) is 5.54 Å². The molecule has 1 saturated carbocycles. The summed E-state index contributed by atoms with van der Waals surface area (Å²) in [7, 11) is 0. The van der Waals surface area contributed by atoms with Gasteiger partial charge in [-0.25, -0.2) is 0 Å². The smallest absolute Gasteiger partial charge is 0.246 e. The number of nitrogens with zero attached hydrogens (tertiary/aromatic N) is 2. The summed E-state index contributed by atoms with van der Waals surface area (Å²) in [6.07, 6.45) is 3.03. The number of aryl methyl sites for hydroxylation is 1. The summed E-state index contributed by atoms with van der Waals surface area (Å²) in [6, 6.07) is 8.30. The van der Waals surface area contributed by atoms with Crippen molar-refractivity contribution in [3.63, 3.8) is 0 Å². The van der Waals surface area contributed by atoms with E-state index in [0.717, 1.165) is 25.1 Å². The fraction of sp³-hybridized carbons (Fsp3) is 0.429. The largest absolute Gasteiger partial charge is 0.337 e. The highest BCUT2D eigenvalue weighted by Crippen LogP contribution is 2.37. The number of nitrogens with two attached hydrogens (primary N) is 1. The van der Waals surface area contributed by atoms with Crippen LogP contribution in [0, 0.1) is 6.92 Å². The molecule has 1 aliphatic carbocycles. The van der Waals surface area contributed by atoms with Crippen molar-refractivity contribution >= 4 is 11.8 Å². The third-order valence-electron chi connectivity index (χ3n) is 3.59. The minimum Gasteiger partial charge on any atom is -0.337 e. The van der Waals surface area contributed by atoms with E-state index in [4.69, 9.17) is 10.3 Å². The summed E-state index contributed by atoms with van der Waals surface area (Å²) in [5.41, 5.74) is 7.07. The topological polar surface area (TPSA) is 64.9 Å². The number of benzene rings is 1. The molecule has 0 atom stereocenters. The predicted octanol–water partition coefficient (Wildman–Crippen LogP) is 3.01. The number of hydrogen-bond donors (Lipinski definition) is 1. The van der Waals surface area contributed by atoms with E-state index in [1.165, 1.54) is 10.5 Å². The Hall–Kier alpha value is -1.33. The lowest BCUT2D eigenvalue weighted by Gasteiger charge is -2.33. The average molecular weight is 275 g/mol. The molecule has 1 fully saturated rings. The van der Waals surface area contributed by atoms with Crippen LogP contribution < -0.4 is 5.73 Å². The molecule has 1 aromatic carbocycles. The van der Waals surface area contributed by atoms with Crippen LogP contribution in [0.3, 0.4) is 0 Å². The van der Waals surface area contributed by atoms with Crippen LogP contribution in [0.2, 0.25) is 0 Å². The van der Waals surface area contributed by atoms with E-state index < -0.39 is 0 Å². The van der Waals surface area contributed by atoms with Crippen molar-refractivity contribution in [1.29, 1.82) is 0 Å². The number of thioether (sulfide) groups is 1. The summed E-state index contributed by atoms with van der Waals surface area (Å²) < 4.78 is 5.29. The molecule has 100 valence electrons. The predicted molar refractivity (Wildman–Crippen MR) is 74.8 cm³/mol. The number of hydrogen-bond acceptors (Lipinski definition) is 5. The van der Waals surface area contributed by atoms with E-state index in [0.29, 0.717) is 11.6 Å². The van der Waals surface area contributed by atoms with E-state index in [1.54, 1.807) is 11.8 Å². The van der Waals surface area contributed by atoms with Gasteiger partial charge in [0.05, 0.1) is 11.3 Å². The zero-order valence-electron chi connectivity index (χ0n) is 10.9. The molecule has 2 aromatic rings. The van der Waals surface area contributed by atoms with Gasteiger partial charge in [-0.2, -0.15) is 4.98 Å². The molecule has 3 rings (SSSR count). The minimum absolute atomic E-state index is 0.363. The van der Waals surface area contributed by atoms with Crippen molar-refractivity contribution in [2.75, 3.05) is 0 Å². The van der Waals surface area contributed by atoms with E-state index in [1.807, 2.05) is 12.1 Å². The standard InChI is InChI=1S/C14H17N3OS/c1-10-5-2-3-6-11(10)19-9-12-16-13(18-17-12)14(15)7-4-8-14/h2-3,5-6H,4,7-9,15H2,1H3. The Morgan fingerprint density at radius 1 is 1.37 bits per heavy atom. The monoisotopic (exact) mass is 275 g/mol. The second-order valence-electron chi connectivity index (χ2n) is 5.08. The van der Waals surface area contributed by atoms with Gasteiger partial charge < -0.3 is 10.3 Å². The molecule has 0 radical (unpaired) electrons. The summed E-state index contributed by atoms with van der Waals surface area (Å²) in [4.78, 5) is 5.68. The van der Waals surface area contributed by atoms with Gasteiger partial charge in [-0.3, -0.25) is 0 Å². The molecular formula is C14H17N3OS. The lowest BCUT2D eigenvalue weighted by molar-refractivity contribution is 0.181. The lowest BCUT2D eigenvalue weighted by atomic mass is 9.78. The van der Waals surface area contributed by atoms with Gasteiger partial charge in [0, 0.05) is 4.90 Å². The Bertz CT molecular complexity index is 578. The summed E-state index contributed by atoms with van der Waals surface area (Å²) >= 11 is 1.72. The van der Waals surface area contributed by atoms with Crippen molar-refractivity contribution in [3.05, 3.63) is 41.5 Å². The highest BCUT2D eigenvalue weighted by molar-refractivity contribution is 7.98. The first-order valence-electron chi connectivity index (χ1n) is 6.48. The van der Waals surface area contributed by atoms with Crippen molar-refractivity contribution < 1.29 is 4.52 Å². The highest BCUT2D eigenvalue weighted by atomic mass is 32.2. The molecule has 4 nitrogen and oxygen atoms in total. The van der Waals surface area contributed by atoms with Crippen molar-refractivity contribution in [1.82, 2.24) is 10.1 Å². The van der Waals surface area contributed by atoms with Crippen LogP contribution in [-0.4, -0.2) is 10.1 Å². The van der Waals surface area contributed by atoms with Crippen LogP contribution in [0.15, 0.2) is 33.7 Å². The molecule has 0 saturated heterocycles. The van der Waals surface area contributed by atoms with Crippen LogP contribution in [0.25, 0.3) is 0 Å². The highest BCUT2D eigenvalue weighted by Gasteiger charge is 2.39. The molecule has 1 aliphatic rings. The van der Waals surface area contributed by atoms with Gasteiger partial charge in [-0.1, -0.05) is 23.4 Å². The molecule has 0 aliphatic heterocycles. The SMILES string of the molecule is Cc1ccccc1SCc1noc(C2(N)CCC2)n1. The lowest BCUT2D eigenvalue weighted by Crippen LogP contribution is -2.43. The fourth-order valence-electron chi connectivity index (χ4n) is 2.15. The van der Waals surface area contributed by atoms with Crippen LogP contribution in [0.4, 0.5) is 0 Å². The number of aromatic nitrogens is 2. The normalized spacial score (nSPS) is 17.2. The first-order chi connectivity index (χ1) is 9.17. The quantitative estimate of drug-likeness (QED) is 0.869. The van der Waals surface area contributed by atoms with Crippen LogP contribution in [-0.2, 0) is 11.3 Å². The Kier molecular flexibility index (Phi) is 3.33. The number of rotatable bonds is 4. The van der Waals surface area contributed by atoms with E-state index >= 15 is 0 Å². The van der Waals surface area contributed by atoms with Gasteiger partial charge in [0.25, 0.3) is 0 Å². The molecule has 0 spiro atoms. The van der Waals surface area contributed by atoms with Crippen LogP contribution >= 0.6 is 11.8 Å².